The molecule has 3 heterocycles. The molecule has 2 amide bonds. The number of fused-ring (bicyclic) bond motifs is 1. The van der Waals surface area contributed by atoms with E-state index in [9.17, 15) is 19.7 Å². The van der Waals surface area contributed by atoms with Gasteiger partial charge in [0, 0.05) is 60.3 Å². The summed E-state index contributed by atoms with van der Waals surface area (Å²) in [6.45, 7) is 3.48. The molecular formula is C32H30N6O4. The van der Waals surface area contributed by atoms with Crippen molar-refractivity contribution in [3.63, 3.8) is 0 Å². The third kappa shape index (κ3) is 5.51. The molecule has 1 aromatic heterocycles. The molecule has 6 rings (SSSR count). The highest BCUT2D eigenvalue weighted by atomic mass is 16.6. The van der Waals surface area contributed by atoms with Crippen molar-refractivity contribution in [3.8, 4) is 11.3 Å². The summed E-state index contributed by atoms with van der Waals surface area (Å²) in [6, 6.07) is 20.0. The van der Waals surface area contributed by atoms with E-state index in [2.05, 4.69) is 20.6 Å². The number of likely N-dealkylation sites (tertiary alicyclic amines) is 1. The molecule has 0 unspecified atom stereocenters. The molecule has 0 spiro atoms. The Kier molecular flexibility index (Phi) is 7.26. The molecule has 3 N–H and O–H groups in total. The fraction of sp³-hybridized carbons (Fsp3) is 0.219. The van der Waals surface area contributed by atoms with Crippen molar-refractivity contribution >= 4 is 40.1 Å². The van der Waals surface area contributed by atoms with Crippen molar-refractivity contribution in [2.75, 3.05) is 23.7 Å². The van der Waals surface area contributed by atoms with Gasteiger partial charge in [-0.25, -0.2) is 4.98 Å². The van der Waals surface area contributed by atoms with Gasteiger partial charge in [0.2, 0.25) is 5.91 Å². The van der Waals surface area contributed by atoms with E-state index in [-0.39, 0.29) is 17.5 Å². The summed E-state index contributed by atoms with van der Waals surface area (Å²) in [6.07, 6.45) is 5.13. The van der Waals surface area contributed by atoms with Crippen LogP contribution in [0.3, 0.4) is 0 Å². The van der Waals surface area contributed by atoms with Crippen LogP contribution in [0.15, 0.2) is 72.9 Å². The maximum Gasteiger partial charge on any atom is 0.270 e. The Morgan fingerprint density at radius 1 is 1.07 bits per heavy atom. The van der Waals surface area contributed by atoms with E-state index in [0.29, 0.717) is 28.9 Å². The SMILES string of the molecule is Cc1nc(-c2ccc(NC(=C3C(=O)Nc4ccc([N+](=O)[O-])cc43)c3ccc(CCCN4CCCC4=O)cc3)cc2)c[nH]1. The zero-order valence-electron chi connectivity index (χ0n) is 23.1. The van der Waals surface area contributed by atoms with Crippen LogP contribution in [-0.2, 0) is 16.0 Å². The average molecular weight is 563 g/mol. The maximum absolute atomic E-state index is 13.3. The van der Waals surface area contributed by atoms with Crippen LogP contribution in [-0.4, -0.2) is 44.7 Å². The first-order valence-electron chi connectivity index (χ1n) is 14.0. The number of aryl methyl sites for hydroxylation is 2. The first-order valence-corrected chi connectivity index (χ1v) is 14.0. The van der Waals surface area contributed by atoms with Crippen molar-refractivity contribution < 1.29 is 14.5 Å². The number of aromatic amines is 1. The number of nitrogens with one attached hydrogen (secondary N) is 3. The molecule has 0 radical (unpaired) electrons. The number of rotatable bonds is 9. The molecule has 212 valence electrons. The van der Waals surface area contributed by atoms with Gasteiger partial charge in [0.15, 0.2) is 0 Å². The minimum Gasteiger partial charge on any atom is -0.354 e. The number of benzene rings is 3. The Bertz CT molecular complexity index is 1710. The van der Waals surface area contributed by atoms with Gasteiger partial charge in [0.25, 0.3) is 11.6 Å². The number of amides is 2. The summed E-state index contributed by atoms with van der Waals surface area (Å²) in [4.78, 5) is 45.8. The van der Waals surface area contributed by atoms with Gasteiger partial charge in [0.1, 0.15) is 5.82 Å². The number of nitro groups is 1. The van der Waals surface area contributed by atoms with E-state index in [1.54, 1.807) is 6.07 Å². The molecule has 1 saturated heterocycles. The summed E-state index contributed by atoms with van der Waals surface area (Å²) in [5, 5.41) is 17.8. The maximum atomic E-state index is 13.3. The number of aromatic nitrogens is 2. The van der Waals surface area contributed by atoms with Gasteiger partial charge in [0.05, 0.1) is 21.9 Å². The largest absolute Gasteiger partial charge is 0.354 e. The Balaban J connectivity index is 1.32. The average Bonchev–Trinajstić information content (AvgIpc) is 3.70. The lowest BCUT2D eigenvalue weighted by Crippen LogP contribution is -2.25. The van der Waals surface area contributed by atoms with E-state index in [1.807, 2.05) is 66.6 Å². The predicted molar refractivity (Wildman–Crippen MR) is 162 cm³/mol. The van der Waals surface area contributed by atoms with Gasteiger partial charge in [-0.15, -0.1) is 0 Å². The van der Waals surface area contributed by atoms with Gasteiger partial charge < -0.3 is 20.5 Å². The highest BCUT2D eigenvalue weighted by molar-refractivity contribution is 6.37. The van der Waals surface area contributed by atoms with Crippen molar-refractivity contribution in [2.45, 2.75) is 32.6 Å². The monoisotopic (exact) mass is 562 g/mol. The van der Waals surface area contributed by atoms with Crippen LogP contribution in [0.25, 0.3) is 22.5 Å². The molecule has 10 heteroatoms. The lowest BCUT2D eigenvalue weighted by molar-refractivity contribution is -0.384. The second-order valence-corrected chi connectivity index (χ2v) is 10.5. The number of non-ortho nitro benzene ring substituents is 1. The molecule has 1 fully saturated rings. The Hall–Kier alpha value is -5.25. The van der Waals surface area contributed by atoms with E-state index in [0.717, 1.165) is 66.2 Å². The molecular weight excluding hydrogens is 532 g/mol. The van der Waals surface area contributed by atoms with Gasteiger partial charge in [-0.2, -0.15) is 0 Å². The van der Waals surface area contributed by atoms with Crippen LogP contribution >= 0.6 is 0 Å². The molecule has 0 bridgehead atoms. The van der Waals surface area contributed by atoms with Crippen LogP contribution in [0.4, 0.5) is 17.1 Å². The highest BCUT2D eigenvalue weighted by Gasteiger charge is 2.30. The normalized spacial score (nSPS) is 15.5. The van der Waals surface area contributed by atoms with Crippen LogP contribution in [0.1, 0.15) is 41.8 Å². The number of carbonyl (C=O) groups excluding carboxylic acids is 2. The number of H-pyrrole nitrogens is 1. The molecule has 2 aliphatic rings. The zero-order valence-corrected chi connectivity index (χ0v) is 23.1. The van der Waals surface area contributed by atoms with Gasteiger partial charge in [-0.3, -0.25) is 19.7 Å². The third-order valence-corrected chi connectivity index (χ3v) is 7.67. The lowest BCUT2D eigenvalue weighted by atomic mass is 9.98. The van der Waals surface area contributed by atoms with Crippen molar-refractivity contribution in [1.82, 2.24) is 14.9 Å². The van der Waals surface area contributed by atoms with Crippen LogP contribution in [0, 0.1) is 17.0 Å². The van der Waals surface area contributed by atoms with E-state index < -0.39 is 4.92 Å². The first kappa shape index (κ1) is 26.9. The minimum absolute atomic E-state index is 0.0902. The zero-order chi connectivity index (χ0) is 29.2. The quantitative estimate of drug-likeness (QED) is 0.135. The topological polar surface area (TPSA) is 133 Å². The Labute approximate surface area is 242 Å². The van der Waals surface area contributed by atoms with Crippen LogP contribution < -0.4 is 10.6 Å². The van der Waals surface area contributed by atoms with Gasteiger partial charge in [-0.1, -0.05) is 36.4 Å². The second-order valence-electron chi connectivity index (χ2n) is 10.5. The summed E-state index contributed by atoms with van der Waals surface area (Å²) in [5.74, 6) is 0.721. The fourth-order valence-electron chi connectivity index (χ4n) is 5.48. The minimum atomic E-state index is -0.464. The number of nitrogens with zero attached hydrogens (tertiary/aromatic N) is 3. The third-order valence-electron chi connectivity index (χ3n) is 7.67. The predicted octanol–water partition coefficient (Wildman–Crippen LogP) is 5.78. The standard InChI is InChI=1S/C32H30N6O4/c1-20-33-19-28(34-20)22-10-12-24(13-11-22)35-31(30-26-18-25(38(41)42)14-15-27(26)36-32(30)40)23-8-6-21(7-9-23)4-2-16-37-17-3-5-29(37)39/h6-15,18-19,35H,2-5,16-17H2,1H3,(H,33,34)(H,36,40). The molecule has 4 aromatic rings. The van der Waals surface area contributed by atoms with Crippen molar-refractivity contribution in [1.29, 1.82) is 0 Å². The summed E-state index contributed by atoms with van der Waals surface area (Å²) < 4.78 is 0. The fourth-order valence-corrected chi connectivity index (χ4v) is 5.48. The molecule has 10 nitrogen and oxygen atoms in total. The lowest BCUT2D eigenvalue weighted by Gasteiger charge is -2.16. The Morgan fingerprint density at radius 2 is 1.86 bits per heavy atom. The van der Waals surface area contributed by atoms with E-state index in [4.69, 9.17) is 0 Å². The molecule has 2 aliphatic heterocycles. The molecule has 0 aliphatic carbocycles. The summed E-state index contributed by atoms with van der Waals surface area (Å²) >= 11 is 0. The summed E-state index contributed by atoms with van der Waals surface area (Å²) in [7, 11) is 0. The summed E-state index contributed by atoms with van der Waals surface area (Å²) in [5.41, 5.74) is 6.21. The number of anilines is 2. The molecule has 3 aromatic carbocycles. The highest BCUT2D eigenvalue weighted by Crippen LogP contribution is 2.39. The van der Waals surface area contributed by atoms with E-state index >= 15 is 0 Å². The molecule has 42 heavy (non-hydrogen) atoms. The number of nitro benzene ring substituents is 1. The van der Waals surface area contributed by atoms with Crippen LogP contribution in [0.5, 0.6) is 0 Å². The van der Waals surface area contributed by atoms with Crippen molar-refractivity contribution in [2.24, 2.45) is 0 Å². The number of hydrogen-bond acceptors (Lipinski definition) is 6. The van der Waals surface area contributed by atoms with Crippen LogP contribution in [0.2, 0.25) is 0 Å². The van der Waals surface area contributed by atoms with E-state index in [1.165, 1.54) is 12.1 Å². The smallest absolute Gasteiger partial charge is 0.270 e. The van der Waals surface area contributed by atoms with Gasteiger partial charge in [-0.05, 0) is 55.5 Å². The Morgan fingerprint density at radius 3 is 2.52 bits per heavy atom. The molecule has 0 saturated carbocycles. The second kappa shape index (κ2) is 11.3. The van der Waals surface area contributed by atoms with Crippen molar-refractivity contribution in [3.05, 3.63) is 106 Å². The molecule has 0 atom stereocenters. The number of imidazole rings is 1. The number of hydrogen-bond donors (Lipinski definition) is 3. The first-order chi connectivity index (χ1) is 20.4. The number of carbonyl (C=O) groups is 2. The van der Waals surface area contributed by atoms with Gasteiger partial charge >= 0.3 is 0 Å².